The summed E-state index contributed by atoms with van der Waals surface area (Å²) in [5, 5.41) is 2.81. The molecule has 1 amide bonds. The Hall–Kier alpha value is -2.49. The molecule has 2 rings (SSSR count). The van der Waals surface area contributed by atoms with Crippen molar-refractivity contribution < 1.29 is 4.79 Å². The molecule has 0 aliphatic heterocycles. The third-order valence-electron chi connectivity index (χ3n) is 2.81. The zero-order valence-corrected chi connectivity index (χ0v) is 10.8. The summed E-state index contributed by atoms with van der Waals surface area (Å²) in [5.41, 5.74) is 8.00. The summed E-state index contributed by atoms with van der Waals surface area (Å²) >= 11 is 0. The van der Waals surface area contributed by atoms with Gasteiger partial charge in [0, 0.05) is 12.7 Å². The number of benzene rings is 2. The number of amides is 1. The van der Waals surface area contributed by atoms with E-state index in [0.29, 0.717) is 11.4 Å². The van der Waals surface area contributed by atoms with Crippen molar-refractivity contribution in [3.63, 3.8) is 0 Å². The fourth-order valence-electron chi connectivity index (χ4n) is 1.79. The van der Waals surface area contributed by atoms with E-state index in [2.05, 4.69) is 5.32 Å². The van der Waals surface area contributed by atoms with Gasteiger partial charge >= 0.3 is 0 Å². The van der Waals surface area contributed by atoms with Crippen LogP contribution in [0, 0.1) is 0 Å². The van der Waals surface area contributed by atoms with Gasteiger partial charge in [-0.2, -0.15) is 0 Å². The zero-order valence-electron chi connectivity index (χ0n) is 10.8. The number of nitrogens with zero attached hydrogens (tertiary/aromatic N) is 1. The molecule has 3 N–H and O–H groups in total. The second-order valence-corrected chi connectivity index (χ2v) is 4.33. The maximum absolute atomic E-state index is 11.9. The lowest BCUT2D eigenvalue weighted by molar-refractivity contribution is -0.114. The molecule has 0 spiro atoms. The number of rotatable bonds is 4. The molecule has 0 radical (unpaired) electrons. The van der Waals surface area contributed by atoms with E-state index >= 15 is 0 Å². The van der Waals surface area contributed by atoms with E-state index < -0.39 is 0 Å². The molecule has 0 bridgehead atoms. The van der Waals surface area contributed by atoms with Crippen LogP contribution in [-0.4, -0.2) is 19.5 Å². The van der Waals surface area contributed by atoms with Gasteiger partial charge in [-0.1, -0.05) is 30.3 Å². The maximum Gasteiger partial charge on any atom is 0.243 e. The Morgan fingerprint density at radius 3 is 2.42 bits per heavy atom. The van der Waals surface area contributed by atoms with Crippen molar-refractivity contribution in [2.45, 2.75) is 0 Å². The molecule has 0 heterocycles. The lowest BCUT2D eigenvalue weighted by Gasteiger charge is -2.18. The summed E-state index contributed by atoms with van der Waals surface area (Å²) in [6.45, 7) is 0.276. The number of nitrogens with two attached hydrogens (primary N) is 1. The minimum atomic E-state index is -0.0933. The zero-order chi connectivity index (χ0) is 13.7. The van der Waals surface area contributed by atoms with Crippen LogP contribution >= 0.6 is 0 Å². The summed E-state index contributed by atoms with van der Waals surface area (Å²) in [7, 11) is 1.88. The molecule has 19 heavy (non-hydrogen) atoms. The second-order valence-electron chi connectivity index (χ2n) is 4.33. The van der Waals surface area contributed by atoms with E-state index in [-0.39, 0.29) is 12.5 Å². The number of anilines is 3. The second kappa shape index (κ2) is 5.91. The van der Waals surface area contributed by atoms with Crippen LogP contribution in [0.15, 0.2) is 54.6 Å². The predicted octanol–water partition coefficient (Wildman–Crippen LogP) is 2.34. The van der Waals surface area contributed by atoms with Crippen molar-refractivity contribution in [1.29, 1.82) is 0 Å². The molecule has 0 aliphatic carbocycles. The third-order valence-corrected chi connectivity index (χ3v) is 2.81. The van der Waals surface area contributed by atoms with Gasteiger partial charge in [0.2, 0.25) is 5.91 Å². The molecule has 0 aromatic heterocycles. The lowest BCUT2D eigenvalue weighted by Crippen LogP contribution is -2.30. The van der Waals surface area contributed by atoms with E-state index in [4.69, 9.17) is 5.73 Å². The van der Waals surface area contributed by atoms with Crippen LogP contribution in [-0.2, 0) is 4.79 Å². The van der Waals surface area contributed by atoms with Crippen LogP contribution in [0.25, 0.3) is 0 Å². The predicted molar refractivity (Wildman–Crippen MR) is 79.2 cm³/mol. The Balaban J connectivity index is 1.97. The van der Waals surface area contributed by atoms with Crippen molar-refractivity contribution in [3.05, 3.63) is 54.6 Å². The Bertz CT molecular complexity index is 554. The molecule has 0 atom stereocenters. The van der Waals surface area contributed by atoms with Crippen LogP contribution in [0.5, 0.6) is 0 Å². The van der Waals surface area contributed by atoms with Crippen molar-refractivity contribution in [2.75, 3.05) is 29.5 Å². The molecule has 2 aromatic carbocycles. The Labute approximate surface area is 112 Å². The average Bonchev–Trinajstić information content (AvgIpc) is 2.42. The van der Waals surface area contributed by atoms with Gasteiger partial charge < -0.3 is 16.0 Å². The van der Waals surface area contributed by atoms with Crippen molar-refractivity contribution >= 4 is 23.0 Å². The van der Waals surface area contributed by atoms with Crippen LogP contribution < -0.4 is 16.0 Å². The molecule has 2 aromatic rings. The molecule has 4 nitrogen and oxygen atoms in total. The molecular weight excluding hydrogens is 238 g/mol. The normalized spacial score (nSPS) is 9.95. The van der Waals surface area contributed by atoms with E-state index in [9.17, 15) is 4.79 Å². The van der Waals surface area contributed by atoms with Gasteiger partial charge in [0.25, 0.3) is 0 Å². The van der Waals surface area contributed by atoms with Crippen molar-refractivity contribution in [1.82, 2.24) is 0 Å². The first-order chi connectivity index (χ1) is 9.16. The number of carbonyl (C=O) groups excluding carboxylic acids is 1. The molecule has 0 aliphatic rings. The number of nitrogen functional groups attached to an aromatic ring is 1. The smallest absolute Gasteiger partial charge is 0.243 e. The number of likely N-dealkylation sites (N-methyl/N-ethyl adjacent to an activating group) is 1. The van der Waals surface area contributed by atoms with E-state index in [1.165, 1.54) is 0 Å². The highest BCUT2D eigenvalue weighted by atomic mass is 16.2. The monoisotopic (exact) mass is 255 g/mol. The standard InChI is InChI=1S/C15H17N3O/c1-18(12-7-3-2-4-8-12)11-15(19)17-14-10-6-5-9-13(14)16/h2-10H,11,16H2,1H3,(H,17,19). The summed E-state index contributed by atoms with van der Waals surface area (Å²) in [6.07, 6.45) is 0. The SMILES string of the molecule is CN(CC(=O)Nc1ccccc1N)c1ccccc1. The van der Waals surface area contributed by atoms with Gasteiger partial charge in [0.15, 0.2) is 0 Å². The van der Waals surface area contributed by atoms with Crippen LogP contribution in [0.1, 0.15) is 0 Å². The summed E-state index contributed by atoms with van der Waals surface area (Å²) in [6, 6.07) is 17.0. The molecule has 98 valence electrons. The first-order valence-electron chi connectivity index (χ1n) is 6.07. The quantitative estimate of drug-likeness (QED) is 0.824. The molecule has 4 heteroatoms. The van der Waals surface area contributed by atoms with Gasteiger partial charge in [0.1, 0.15) is 0 Å². The fraction of sp³-hybridized carbons (Fsp3) is 0.133. The summed E-state index contributed by atoms with van der Waals surface area (Å²) in [5.74, 6) is -0.0933. The first-order valence-corrected chi connectivity index (χ1v) is 6.07. The molecular formula is C15H17N3O. The number of nitrogens with one attached hydrogen (secondary N) is 1. The first kappa shape index (κ1) is 13.0. The van der Waals surface area contributed by atoms with Gasteiger partial charge in [-0.3, -0.25) is 4.79 Å². The van der Waals surface area contributed by atoms with Crippen molar-refractivity contribution in [2.24, 2.45) is 0 Å². The number of hydrogen-bond acceptors (Lipinski definition) is 3. The van der Waals surface area contributed by atoms with Gasteiger partial charge in [-0.15, -0.1) is 0 Å². The minimum absolute atomic E-state index is 0.0933. The molecule has 0 saturated heterocycles. The Morgan fingerprint density at radius 1 is 1.11 bits per heavy atom. The largest absolute Gasteiger partial charge is 0.397 e. The highest BCUT2D eigenvalue weighted by molar-refractivity contribution is 5.96. The molecule has 0 saturated carbocycles. The van der Waals surface area contributed by atoms with Gasteiger partial charge in [-0.05, 0) is 24.3 Å². The van der Waals surface area contributed by atoms with E-state index in [0.717, 1.165) is 5.69 Å². The van der Waals surface area contributed by atoms with Crippen LogP contribution in [0.3, 0.4) is 0 Å². The maximum atomic E-state index is 11.9. The number of para-hydroxylation sites is 3. The van der Waals surface area contributed by atoms with Crippen LogP contribution in [0.2, 0.25) is 0 Å². The van der Waals surface area contributed by atoms with Crippen LogP contribution in [0.4, 0.5) is 17.1 Å². The minimum Gasteiger partial charge on any atom is -0.397 e. The van der Waals surface area contributed by atoms with E-state index in [1.54, 1.807) is 12.1 Å². The highest BCUT2D eigenvalue weighted by Gasteiger charge is 2.08. The molecule has 0 unspecified atom stereocenters. The summed E-state index contributed by atoms with van der Waals surface area (Å²) < 4.78 is 0. The number of carbonyl (C=O) groups is 1. The van der Waals surface area contributed by atoms with Gasteiger partial charge in [-0.25, -0.2) is 0 Å². The lowest BCUT2D eigenvalue weighted by atomic mass is 10.2. The Morgan fingerprint density at radius 2 is 1.74 bits per heavy atom. The van der Waals surface area contributed by atoms with E-state index in [1.807, 2.05) is 54.4 Å². The average molecular weight is 255 g/mol. The van der Waals surface area contributed by atoms with Crippen molar-refractivity contribution in [3.8, 4) is 0 Å². The fourth-order valence-corrected chi connectivity index (χ4v) is 1.79. The highest BCUT2D eigenvalue weighted by Crippen LogP contribution is 2.17. The summed E-state index contributed by atoms with van der Waals surface area (Å²) in [4.78, 5) is 13.8. The number of hydrogen-bond donors (Lipinski definition) is 2. The molecule has 0 fully saturated rings. The third kappa shape index (κ3) is 3.48. The topological polar surface area (TPSA) is 58.4 Å². The Kier molecular flexibility index (Phi) is 4.03. The van der Waals surface area contributed by atoms with Gasteiger partial charge in [0.05, 0.1) is 17.9 Å².